The first-order chi connectivity index (χ1) is 10.8. The van der Waals surface area contributed by atoms with Crippen molar-refractivity contribution in [2.75, 3.05) is 0 Å². The highest BCUT2D eigenvalue weighted by molar-refractivity contribution is 5.40. The third kappa shape index (κ3) is 3.57. The molecule has 0 spiro atoms. The van der Waals surface area contributed by atoms with Crippen molar-refractivity contribution in [2.45, 2.75) is 38.1 Å². The molecule has 0 fully saturated rings. The monoisotopic (exact) mass is 321 g/mol. The molecule has 0 aromatic heterocycles. The molecule has 0 heterocycles. The van der Waals surface area contributed by atoms with Gasteiger partial charge in [-0.25, -0.2) is 0 Å². The second-order valence-electron chi connectivity index (χ2n) is 6.14. The van der Waals surface area contributed by atoms with Crippen LogP contribution < -0.4 is 5.73 Å². The van der Waals surface area contributed by atoms with E-state index in [-0.39, 0.29) is 11.6 Å². The molecule has 3 rings (SSSR count). The maximum atomic E-state index is 13.0. The molecule has 0 radical (unpaired) electrons. The maximum absolute atomic E-state index is 13.0. The Morgan fingerprint density at radius 1 is 0.957 bits per heavy atom. The second-order valence-corrected chi connectivity index (χ2v) is 6.14. The van der Waals surface area contributed by atoms with Crippen molar-refractivity contribution in [1.82, 2.24) is 0 Å². The molecule has 2 aromatic carbocycles. The predicted octanol–water partition coefficient (Wildman–Crippen LogP) is 3.21. The number of rotatable bonds is 3. The lowest BCUT2D eigenvalue weighted by Gasteiger charge is -2.12. The fourth-order valence-electron chi connectivity index (χ4n) is 3.17. The summed E-state index contributed by atoms with van der Waals surface area (Å²) >= 11 is 0. The molecule has 1 unspecified atom stereocenters. The lowest BCUT2D eigenvalue weighted by Crippen LogP contribution is -2.18. The third-order valence-corrected chi connectivity index (χ3v) is 4.21. The zero-order chi connectivity index (χ0) is 16.6. The molecule has 23 heavy (non-hydrogen) atoms. The summed E-state index contributed by atoms with van der Waals surface area (Å²) in [4.78, 5) is 0. The number of aliphatic hydroxyl groups excluding tert-OH is 1. The van der Waals surface area contributed by atoms with Gasteiger partial charge < -0.3 is 10.8 Å². The Morgan fingerprint density at radius 2 is 1.65 bits per heavy atom. The minimum atomic E-state index is -4.41. The molecule has 1 atom stereocenters. The molecule has 122 valence electrons. The Balaban J connectivity index is 1.90. The SMILES string of the molecule is NC1Cc2ccc(Cc3cc(CO)cc(C(F)(F)F)c3)cc2C1. The molecule has 0 bridgehead atoms. The second kappa shape index (κ2) is 5.98. The van der Waals surface area contributed by atoms with E-state index in [0.29, 0.717) is 12.0 Å². The van der Waals surface area contributed by atoms with Gasteiger partial charge in [0.05, 0.1) is 12.2 Å². The molecule has 0 amide bonds. The smallest absolute Gasteiger partial charge is 0.392 e. The van der Waals surface area contributed by atoms with Crippen molar-refractivity contribution in [3.63, 3.8) is 0 Å². The third-order valence-electron chi connectivity index (χ3n) is 4.21. The Kier molecular flexibility index (Phi) is 4.17. The van der Waals surface area contributed by atoms with Crippen LogP contribution >= 0.6 is 0 Å². The molecule has 0 saturated carbocycles. The van der Waals surface area contributed by atoms with E-state index in [1.165, 1.54) is 11.1 Å². The van der Waals surface area contributed by atoms with Gasteiger partial charge in [0.1, 0.15) is 0 Å². The molecule has 2 aromatic rings. The van der Waals surface area contributed by atoms with Crippen LogP contribution in [0.2, 0.25) is 0 Å². The van der Waals surface area contributed by atoms with Crippen LogP contribution in [0.15, 0.2) is 36.4 Å². The number of fused-ring (bicyclic) bond motifs is 1. The van der Waals surface area contributed by atoms with E-state index < -0.39 is 18.3 Å². The summed E-state index contributed by atoms with van der Waals surface area (Å²) in [5.74, 6) is 0. The molecular formula is C18H18F3NO. The van der Waals surface area contributed by atoms with Gasteiger partial charge in [-0.3, -0.25) is 0 Å². The van der Waals surface area contributed by atoms with Gasteiger partial charge in [-0.15, -0.1) is 0 Å². The fraction of sp³-hybridized carbons (Fsp3) is 0.333. The van der Waals surface area contributed by atoms with Crippen molar-refractivity contribution < 1.29 is 18.3 Å². The van der Waals surface area contributed by atoms with Crippen molar-refractivity contribution in [3.05, 3.63) is 69.8 Å². The molecular weight excluding hydrogens is 303 g/mol. The van der Waals surface area contributed by atoms with Crippen LogP contribution in [-0.2, 0) is 32.0 Å². The van der Waals surface area contributed by atoms with Crippen LogP contribution in [0, 0.1) is 0 Å². The lowest BCUT2D eigenvalue weighted by atomic mass is 9.97. The number of aliphatic hydroxyl groups is 1. The van der Waals surface area contributed by atoms with Crippen LogP contribution in [0.5, 0.6) is 0 Å². The average molecular weight is 321 g/mol. The summed E-state index contributed by atoms with van der Waals surface area (Å²) in [7, 11) is 0. The predicted molar refractivity (Wildman–Crippen MR) is 82.0 cm³/mol. The number of alkyl halides is 3. The fourth-order valence-corrected chi connectivity index (χ4v) is 3.17. The van der Waals surface area contributed by atoms with Gasteiger partial charge in [-0.05, 0) is 59.2 Å². The Hall–Kier alpha value is -1.85. The van der Waals surface area contributed by atoms with Crippen molar-refractivity contribution in [2.24, 2.45) is 5.73 Å². The maximum Gasteiger partial charge on any atom is 0.416 e. The van der Waals surface area contributed by atoms with Gasteiger partial charge in [0.2, 0.25) is 0 Å². The average Bonchev–Trinajstić information content (AvgIpc) is 2.85. The first-order valence-electron chi connectivity index (χ1n) is 7.52. The molecule has 1 aliphatic rings. The number of halogens is 3. The molecule has 1 aliphatic carbocycles. The van der Waals surface area contributed by atoms with E-state index in [1.54, 1.807) is 6.07 Å². The van der Waals surface area contributed by atoms with Gasteiger partial charge in [0.25, 0.3) is 0 Å². The van der Waals surface area contributed by atoms with Crippen molar-refractivity contribution in [3.8, 4) is 0 Å². The normalized spacial score (nSPS) is 17.3. The van der Waals surface area contributed by atoms with Crippen molar-refractivity contribution >= 4 is 0 Å². The zero-order valence-electron chi connectivity index (χ0n) is 12.5. The zero-order valence-corrected chi connectivity index (χ0v) is 12.5. The van der Waals surface area contributed by atoms with Gasteiger partial charge in [0.15, 0.2) is 0 Å². The standard InChI is InChI=1S/C18H18F3NO/c19-18(20,21)16-6-12(4-13(7-16)10-23)3-11-1-2-14-8-17(22)9-15(14)5-11/h1-2,4-7,17,23H,3,8-10,22H2. The van der Waals surface area contributed by atoms with Crippen molar-refractivity contribution in [1.29, 1.82) is 0 Å². The summed E-state index contributed by atoms with van der Waals surface area (Å²) in [6.07, 6.45) is -2.34. The van der Waals surface area contributed by atoms with Crippen LogP contribution in [-0.4, -0.2) is 11.1 Å². The van der Waals surface area contributed by atoms with Gasteiger partial charge in [0, 0.05) is 6.04 Å². The van der Waals surface area contributed by atoms with Gasteiger partial charge in [-0.2, -0.15) is 13.2 Å². The highest BCUT2D eigenvalue weighted by Crippen LogP contribution is 2.31. The Labute approximate surface area is 132 Å². The summed E-state index contributed by atoms with van der Waals surface area (Å²) in [6.45, 7) is -0.407. The quantitative estimate of drug-likeness (QED) is 0.912. The Bertz CT molecular complexity index is 725. The van der Waals surface area contributed by atoms with Crippen LogP contribution in [0.3, 0.4) is 0 Å². The first-order valence-corrected chi connectivity index (χ1v) is 7.52. The van der Waals surface area contributed by atoms with E-state index in [2.05, 4.69) is 0 Å². The molecule has 0 aliphatic heterocycles. The largest absolute Gasteiger partial charge is 0.416 e. The molecule has 3 N–H and O–H groups in total. The minimum absolute atomic E-state index is 0.134. The number of hydrogen-bond donors (Lipinski definition) is 2. The van der Waals surface area contributed by atoms with Crippen LogP contribution in [0.4, 0.5) is 13.2 Å². The van der Waals surface area contributed by atoms with E-state index in [0.717, 1.165) is 30.5 Å². The van der Waals surface area contributed by atoms with E-state index in [9.17, 15) is 18.3 Å². The molecule has 5 heteroatoms. The number of hydrogen-bond acceptors (Lipinski definition) is 2. The van der Waals surface area contributed by atoms with Crippen LogP contribution in [0.1, 0.15) is 33.4 Å². The first kappa shape index (κ1) is 16.0. The molecule has 2 nitrogen and oxygen atoms in total. The summed E-state index contributed by atoms with van der Waals surface area (Å²) in [6, 6.07) is 9.88. The van der Waals surface area contributed by atoms with E-state index >= 15 is 0 Å². The topological polar surface area (TPSA) is 46.2 Å². The summed E-state index contributed by atoms with van der Waals surface area (Å²) < 4.78 is 38.9. The lowest BCUT2D eigenvalue weighted by molar-refractivity contribution is -0.137. The van der Waals surface area contributed by atoms with E-state index in [4.69, 9.17) is 5.73 Å². The number of nitrogens with two attached hydrogens (primary N) is 1. The highest BCUT2D eigenvalue weighted by Gasteiger charge is 2.31. The molecule has 0 saturated heterocycles. The van der Waals surface area contributed by atoms with Crippen LogP contribution in [0.25, 0.3) is 0 Å². The minimum Gasteiger partial charge on any atom is -0.392 e. The summed E-state index contributed by atoms with van der Waals surface area (Å²) in [5.41, 5.74) is 9.41. The van der Waals surface area contributed by atoms with Gasteiger partial charge in [-0.1, -0.05) is 24.3 Å². The highest BCUT2D eigenvalue weighted by atomic mass is 19.4. The van der Waals surface area contributed by atoms with E-state index in [1.807, 2.05) is 18.2 Å². The number of benzene rings is 2. The van der Waals surface area contributed by atoms with Gasteiger partial charge >= 0.3 is 6.18 Å². The summed E-state index contributed by atoms with van der Waals surface area (Å²) in [5, 5.41) is 9.19. The Morgan fingerprint density at radius 3 is 2.35 bits per heavy atom.